The van der Waals surface area contributed by atoms with E-state index in [-0.39, 0.29) is 6.61 Å². The quantitative estimate of drug-likeness (QED) is 0.782. The lowest BCUT2D eigenvalue weighted by Gasteiger charge is -2.11. The SMILES string of the molecule is CCCn1ccc(CNc2ccc(OCC)c(CO)c2)c1. The van der Waals surface area contributed by atoms with Crippen molar-refractivity contribution in [3.8, 4) is 5.75 Å². The highest BCUT2D eigenvalue weighted by Gasteiger charge is 2.04. The van der Waals surface area contributed by atoms with E-state index in [0.717, 1.165) is 36.5 Å². The maximum atomic E-state index is 9.41. The standard InChI is InChI=1S/C17H24N2O2/c1-3-8-19-9-7-14(12-19)11-18-16-5-6-17(21-4-2)15(10-16)13-20/h5-7,9-10,12,18,20H,3-4,8,11,13H2,1-2H3. The molecule has 0 bridgehead atoms. The van der Waals surface area contributed by atoms with Crippen molar-refractivity contribution >= 4 is 5.69 Å². The molecule has 0 saturated heterocycles. The number of nitrogens with zero attached hydrogens (tertiary/aromatic N) is 1. The van der Waals surface area contributed by atoms with Crippen molar-refractivity contribution in [2.24, 2.45) is 0 Å². The first kappa shape index (κ1) is 15.4. The van der Waals surface area contributed by atoms with Crippen molar-refractivity contribution in [1.82, 2.24) is 4.57 Å². The molecule has 0 amide bonds. The predicted octanol–water partition coefficient (Wildman–Crippen LogP) is 3.40. The highest BCUT2D eigenvalue weighted by molar-refractivity contribution is 5.51. The summed E-state index contributed by atoms with van der Waals surface area (Å²) in [6.07, 6.45) is 5.41. The Morgan fingerprint density at radius 3 is 2.81 bits per heavy atom. The summed E-state index contributed by atoms with van der Waals surface area (Å²) in [6, 6.07) is 7.95. The number of anilines is 1. The van der Waals surface area contributed by atoms with Crippen LogP contribution in [0.4, 0.5) is 5.69 Å². The third-order valence-electron chi connectivity index (χ3n) is 3.32. The summed E-state index contributed by atoms with van der Waals surface area (Å²) in [6.45, 7) is 6.53. The lowest BCUT2D eigenvalue weighted by atomic mass is 10.2. The van der Waals surface area contributed by atoms with Crippen LogP contribution in [0, 0.1) is 0 Å². The van der Waals surface area contributed by atoms with Gasteiger partial charge in [0.15, 0.2) is 0 Å². The molecule has 0 aliphatic carbocycles. The highest BCUT2D eigenvalue weighted by atomic mass is 16.5. The van der Waals surface area contributed by atoms with Gasteiger partial charge in [-0.2, -0.15) is 0 Å². The largest absolute Gasteiger partial charge is 0.494 e. The molecule has 1 heterocycles. The van der Waals surface area contributed by atoms with Gasteiger partial charge in [0.1, 0.15) is 5.75 Å². The molecule has 1 aromatic heterocycles. The molecule has 0 aliphatic heterocycles. The number of aromatic nitrogens is 1. The van der Waals surface area contributed by atoms with Crippen LogP contribution in [0.15, 0.2) is 36.7 Å². The van der Waals surface area contributed by atoms with Gasteiger partial charge < -0.3 is 19.7 Å². The van der Waals surface area contributed by atoms with E-state index in [0.29, 0.717) is 6.61 Å². The minimum absolute atomic E-state index is 0.0161. The summed E-state index contributed by atoms with van der Waals surface area (Å²) in [4.78, 5) is 0. The zero-order valence-electron chi connectivity index (χ0n) is 12.8. The molecule has 2 aromatic rings. The fraction of sp³-hybridized carbons (Fsp3) is 0.412. The molecule has 0 saturated carbocycles. The summed E-state index contributed by atoms with van der Waals surface area (Å²) in [5, 5.41) is 12.8. The van der Waals surface area contributed by atoms with Crippen LogP contribution in [0.2, 0.25) is 0 Å². The Morgan fingerprint density at radius 2 is 2.10 bits per heavy atom. The normalized spacial score (nSPS) is 10.6. The van der Waals surface area contributed by atoms with E-state index in [2.05, 4.69) is 35.3 Å². The second-order valence-corrected chi connectivity index (χ2v) is 5.02. The minimum Gasteiger partial charge on any atom is -0.494 e. The van der Waals surface area contributed by atoms with Crippen LogP contribution in [0.25, 0.3) is 0 Å². The van der Waals surface area contributed by atoms with Gasteiger partial charge in [-0.3, -0.25) is 0 Å². The Labute approximate surface area is 126 Å². The maximum absolute atomic E-state index is 9.41. The number of ether oxygens (including phenoxy) is 1. The lowest BCUT2D eigenvalue weighted by Crippen LogP contribution is -2.01. The van der Waals surface area contributed by atoms with Gasteiger partial charge in [-0.05, 0) is 43.2 Å². The van der Waals surface area contributed by atoms with Crippen LogP contribution in [0.1, 0.15) is 31.4 Å². The number of hydrogen-bond donors (Lipinski definition) is 2. The summed E-state index contributed by atoms with van der Waals surface area (Å²) in [7, 11) is 0. The van der Waals surface area contributed by atoms with E-state index < -0.39 is 0 Å². The average molecular weight is 288 g/mol. The Bertz CT molecular complexity index is 564. The molecule has 0 aliphatic rings. The van der Waals surface area contributed by atoms with Gasteiger partial charge >= 0.3 is 0 Å². The molecule has 4 heteroatoms. The van der Waals surface area contributed by atoms with Crippen molar-refractivity contribution < 1.29 is 9.84 Å². The van der Waals surface area contributed by atoms with Crippen LogP contribution in [0.5, 0.6) is 5.75 Å². The van der Waals surface area contributed by atoms with Crippen LogP contribution in [0.3, 0.4) is 0 Å². The Kier molecular flexibility index (Phi) is 5.69. The summed E-state index contributed by atoms with van der Waals surface area (Å²) in [5.41, 5.74) is 3.05. The van der Waals surface area contributed by atoms with Gasteiger partial charge in [-0.25, -0.2) is 0 Å². The maximum Gasteiger partial charge on any atom is 0.124 e. The smallest absolute Gasteiger partial charge is 0.124 e. The van der Waals surface area contributed by atoms with E-state index in [1.54, 1.807) is 0 Å². The summed E-state index contributed by atoms with van der Waals surface area (Å²) in [5.74, 6) is 0.750. The van der Waals surface area contributed by atoms with Gasteiger partial charge in [-0.1, -0.05) is 6.92 Å². The van der Waals surface area contributed by atoms with E-state index >= 15 is 0 Å². The molecule has 0 radical (unpaired) electrons. The predicted molar refractivity (Wildman–Crippen MR) is 85.6 cm³/mol. The van der Waals surface area contributed by atoms with Crippen molar-refractivity contribution in [3.63, 3.8) is 0 Å². The number of rotatable bonds is 8. The van der Waals surface area contributed by atoms with E-state index in [9.17, 15) is 5.11 Å². The molecule has 21 heavy (non-hydrogen) atoms. The monoisotopic (exact) mass is 288 g/mol. The van der Waals surface area contributed by atoms with Crippen LogP contribution < -0.4 is 10.1 Å². The first-order valence-corrected chi connectivity index (χ1v) is 7.52. The number of aliphatic hydroxyl groups is 1. The first-order chi connectivity index (χ1) is 10.3. The molecule has 2 rings (SSSR count). The lowest BCUT2D eigenvalue weighted by molar-refractivity contribution is 0.267. The van der Waals surface area contributed by atoms with Gasteiger partial charge in [0.05, 0.1) is 13.2 Å². The summed E-state index contributed by atoms with van der Waals surface area (Å²) >= 11 is 0. The molecule has 1 aromatic carbocycles. The molecule has 2 N–H and O–H groups in total. The van der Waals surface area contributed by atoms with Gasteiger partial charge in [0.25, 0.3) is 0 Å². The molecular weight excluding hydrogens is 264 g/mol. The second-order valence-electron chi connectivity index (χ2n) is 5.02. The molecule has 0 fully saturated rings. The third kappa shape index (κ3) is 4.26. The molecule has 0 atom stereocenters. The van der Waals surface area contributed by atoms with Crippen molar-refractivity contribution in [2.45, 2.75) is 40.0 Å². The van der Waals surface area contributed by atoms with E-state index in [1.807, 2.05) is 25.1 Å². The fourth-order valence-electron chi connectivity index (χ4n) is 2.31. The number of nitrogens with one attached hydrogen (secondary N) is 1. The van der Waals surface area contributed by atoms with Gasteiger partial charge in [-0.15, -0.1) is 0 Å². The van der Waals surface area contributed by atoms with E-state index in [4.69, 9.17) is 4.74 Å². The number of benzene rings is 1. The molecule has 114 valence electrons. The average Bonchev–Trinajstić information content (AvgIpc) is 2.94. The Morgan fingerprint density at radius 1 is 1.24 bits per heavy atom. The van der Waals surface area contributed by atoms with Crippen LogP contribution >= 0.6 is 0 Å². The minimum atomic E-state index is -0.0161. The number of aryl methyl sites for hydroxylation is 1. The number of aliphatic hydroxyl groups excluding tert-OH is 1. The molecular formula is C17H24N2O2. The van der Waals surface area contributed by atoms with Crippen LogP contribution in [-0.2, 0) is 19.7 Å². The van der Waals surface area contributed by atoms with Crippen molar-refractivity contribution in [2.75, 3.05) is 11.9 Å². The molecule has 0 spiro atoms. The number of hydrogen-bond acceptors (Lipinski definition) is 3. The molecule has 4 nitrogen and oxygen atoms in total. The molecule has 0 unspecified atom stereocenters. The van der Waals surface area contributed by atoms with Crippen LogP contribution in [-0.4, -0.2) is 16.3 Å². The summed E-state index contributed by atoms with van der Waals surface area (Å²) < 4.78 is 7.69. The second kappa shape index (κ2) is 7.74. The Hall–Kier alpha value is -1.94. The zero-order valence-corrected chi connectivity index (χ0v) is 12.8. The fourth-order valence-corrected chi connectivity index (χ4v) is 2.31. The van der Waals surface area contributed by atoms with Crippen molar-refractivity contribution in [1.29, 1.82) is 0 Å². The topological polar surface area (TPSA) is 46.4 Å². The Balaban J connectivity index is 1.98. The van der Waals surface area contributed by atoms with E-state index in [1.165, 1.54) is 5.56 Å². The van der Waals surface area contributed by atoms with Gasteiger partial charge in [0, 0.05) is 36.7 Å². The third-order valence-corrected chi connectivity index (χ3v) is 3.32. The van der Waals surface area contributed by atoms with Crippen molar-refractivity contribution in [3.05, 3.63) is 47.8 Å². The highest BCUT2D eigenvalue weighted by Crippen LogP contribution is 2.23. The zero-order chi connectivity index (χ0) is 15.1. The van der Waals surface area contributed by atoms with Gasteiger partial charge in [0.2, 0.25) is 0 Å². The first-order valence-electron chi connectivity index (χ1n) is 7.52.